The van der Waals surface area contributed by atoms with E-state index in [0.717, 1.165) is 4.90 Å². The van der Waals surface area contributed by atoms with Crippen molar-refractivity contribution in [1.29, 1.82) is 0 Å². The fourth-order valence-corrected chi connectivity index (χ4v) is 3.78. The first kappa shape index (κ1) is 20.2. The second kappa shape index (κ2) is 7.98. The van der Waals surface area contributed by atoms with Gasteiger partial charge >= 0.3 is 0 Å². The molecular formula is C21H19N5O5. The van der Waals surface area contributed by atoms with Crippen LogP contribution in [0.1, 0.15) is 49.6 Å². The van der Waals surface area contributed by atoms with Crippen molar-refractivity contribution in [2.45, 2.75) is 25.3 Å². The zero-order valence-corrected chi connectivity index (χ0v) is 16.4. The van der Waals surface area contributed by atoms with Gasteiger partial charge in [-0.3, -0.25) is 39.2 Å². The molecule has 2 aliphatic rings. The second-order valence-corrected chi connectivity index (χ2v) is 7.26. The molecular weight excluding hydrogens is 402 g/mol. The number of carbonyl (C=O) groups is 5. The zero-order valence-electron chi connectivity index (χ0n) is 16.4. The molecule has 31 heavy (non-hydrogen) atoms. The summed E-state index contributed by atoms with van der Waals surface area (Å²) in [6.07, 6.45) is 2.14. The van der Waals surface area contributed by atoms with Crippen molar-refractivity contribution in [3.8, 4) is 0 Å². The quantitative estimate of drug-likeness (QED) is 0.565. The van der Waals surface area contributed by atoms with Crippen LogP contribution in [0.3, 0.4) is 0 Å². The molecule has 1 aromatic heterocycles. The maximum absolute atomic E-state index is 12.9. The average Bonchev–Trinajstić information content (AvgIpc) is 2.98. The van der Waals surface area contributed by atoms with E-state index in [4.69, 9.17) is 5.73 Å². The highest BCUT2D eigenvalue weighted by Gasteiger charge is 2.44. The third-order valence-electron chi connectivity index (χ3n) is 5.29. The van der Waals surface area contributed by atoms with E-state index in [1.54, 1.807) is 24.3 Å². The number of primary amides is 1. The van der Waals surface area contributed by atoms with E-state index in [1.807, 2.05) is 0 Å². The van der Waals surface area contributed by atoms with Crippen molar-refractivity contribution in [2.75, 3.05) is 11.9 Å². The summed E-state index contributed by atoms with van der Waals surface area (Å²) in [7, 11) is 0. The molecule has 10 heteroatoms. The number of hydrogen-bond donors (Lipinski definition) is 3. The van der Waals surface area contributed by atoms with Crippen LogP contribution in [0.4, 0.5) is 5.69 Å². The Kier molecular flexibility index (Phi) is 5.20. The molecule has 10 nitrogen and oxygen atoms in total. The number of carbonyl (C=O) groups excluding carboxylic acids is 5. The van der Waals surface area contributed by atoms with E-state index in [0.29, 0.717) is 24.2 Å². The SMILES string of the molecule is NC(=O)c1ncccc1CCNc1ccc2c(c1)C(=O)N(C1CCC(=O)NC1=O)C2=O. The van der Waals surface area contributed by atoms with Gasteiger partial charge in [-0.1, -0.05) is 6.07 Å². The highest BCUT2D eigenvalue weighted by molar-refractivity contribution is 6.23. The number of piperidine rings is 1. The van der Waals surface area contributed by atoms with Crippen LogP contribution in [0, 0.1) is 0 Å². The lowest BCUT2D eigenvalue weighted by Crippen LogP contribution is -2.54. The molecule has 4 N–H and O–H groups in total. The first-order valence-electron chi connectivity index (χ1n) is 9.70. The molecule has 2 aliphatic heterocycles. The summed E-state index contributed by atoms with van der Waals surface area (Å²) in [4.78, 5) is 65.4. The predicted octanol–water partition coefficient (Wildman–Crippen LogP) is 0.236. The number of rotatable bonds is 6. The number of benzene rings is 1. The summed E-state index contributed by atoms with van der Waals surface area (Å²) < 4.78 is 0. The van der Waals surface area contributed by atoms with Gasteiger partial charge in [0.25, 0.3) is 17.7 Å². The maximum atomic E-state index is 12.9. The minimum absolute atomic E-state index is 0.0677. The molecule has 1 atom stereocenters. The summed E-state index contributed by atoms with van der Waals surface area (Å²) in [5.41, 5.74) is 7.25. The van der Waals surface area contributed by atoms with Crippen molar-refractivity contribution >= 4 is 35.2 Å². The molecule has 0 radical (unpaired) electrons. The first-order valence-corrected chi connectivity index (χ1v) is 9.70. The van der Waals surface area contributed by atoms with Crippen LogP contribution in [-0.2, 0) is 16.0 Å². The van der Waals surface area contributed by atoms with Crippen LogP contribution >= 0.6 is 0 Å². The van der Waals surface area contributed by atoms with Crippen molar-refractivity contribution in [2.24, 2.45) is 5.73 Å². The van der Waals surface area contributed by atoms with Gasteiger partial charge in [-0.05, 0) is 42.7 Å². The predicted molar refractivity (Wildman–Crippen MR) is 108 cm³/mol. The molecule has 1 unspecified atom stereocenters. The van der Waals surface area contributed by atoms with E-state index in [9.17, 15) is 24.0 Å². The number of anilines is 1. The number of fused-ring (bicyclic) bond motifs is 1. The first-order chi connectivity index (χ1) is 14.9. The van der Waals surface area contributed by atoms with E-state index in [2.05, 4.69) is 15.6 Å². The number of hydrogen-bond acceptors (Lipinski definition) is 7. The number of amides is 5. The Morgan fingerprint density at radius 3 is 2.68 bits per heavy atom. The molecule has 1 saturated heterocycles. The number of imide groups is 2. The third-order valence-corrected chi connectivity index (χ3v) is 5.29. The van der Waals surface area contributed by atoms with Crippen molar-refractivity contribution in [1.82, 2.24) is 15.2 Å². The number of nitrogens with zero attached hydrogens (tertiary/aromatic N) is 2. The van der Waals surface area contributed by atoms with Crippen LogP contribution < -0.4 is 16.4 Å². The topological polar surface area (TPSA) is 152 Å². The van der Waals surface area contributed by atoms with Crippen LogP contribution in [0.2, 0.25) is 0 Å². The fraction of sp³-hybridized carbons (Fsp3) is 0.238. The zero-order chi connectivity index (χ0) is 22.1. The summed E-state index contributed by atoms with van der Waals surface area (Å²) in [5.74, 6) is -2.79. The largest absolute Gasteiger partial charge is 0.385 e. The van der Waals surface area contributed by atoms with E-state index < -0.39 is 35.6 Å². The second-order valence-electron chi connectivity index (χ2n) is 7.26. The molecule has 1 aromatic carbocycles. The number of nitrogens with two attached hydrogens (primary N) is 1. The highest BCUT2D eigenvalue weighted by Crippen LogP contribution is 2.29. The van der Waals surface area contributed by atoms with Gasteiger partial charge in [0.15, 0.2) is 0 Å². The molecule has 0 spiro atoms. The molecule has 3 heterocycles. The molecule has 5 amide bonds. The molecule has 0 saturated carbocycles. The normalized spacial score (nSPS) is 18.1. The van der Waals surface area contributed by atoms with Crippen LogP contribution in [0.5, 0.6) is 0 Å². The average molecular weight is 421 g/mol. The van der Waals surface area contributed by atoms with Crippen LogP contribution in [-0.4, -0.2) is 52.0 Å². The maximum Gasteiger partial charge on any atom is 0.267 e. The number of aromatic nitrogens is 1. The minimum atomic E-state index is -1.00. The van der Waals surface area contributed by atoms with Gasteiger partial charge in [0.05, 0.1) is 11.1 Å². The fourth-order valence-electron chi connectivity index (χ4n) is 3.78. The van der Waals surface area contributed by atoms with E-state index in [-0.39, 0.29) is 29.7 Å². The van der Waals surface area contributed by atoms with Gasteiger partial charge in [0, 0.05) is 24.8 Å². The lowest BCUT2D eigenvalue weighted by atomic mass is 10.0. The van der Waals surface area contributed by atoms with Gasteiger partial charge < -0.3 is 11.1 Å². The Balaban J connectivity index is 1.47. The lowest BCUT2D eigenvalue weighted by molar-refractivity contribution is -0.136. The molecule has 2 aromatic rings. The van der Waals surface area contributed by atoms with Crippen molar-refractivity contribution in [3.05, 3.63) is 58.9 Å². The smallest absolute Gasteiger partial charge is 0.267 e. The highest BCUT2D eigenvalue weighted by atomic mass is 16.2. The number of nitrogens with one attached hydrogen (secondary N) is 2. The van der Waals surface area contributed by atoms with Gasteiger partial charge in [-0.25, -0.2) is 0 Å². The summed E-state index contributed by atoms with van der Waals surface area (Å²) in [5, 5.41) is 5.31. The molecule has 4 rings (SSSR count). The Labute approximate surface area is 176 Å². The summed E-state index contributed by atoms with van der Waals surface area (Å²) in [6.45, 7) is 0.434. The molecule has 0 bridgehead atoms. The third kappa shape index (κ3) is 3.75. The van der Waals surface area contributed by atoms with Gasteiger partial charge in [-0.2, -0.15) is 0 Å². The Bertz CT molecular complexity index is 1130. The summed E-state index contributed by atoms with van der Waals surface area (Å²) in [6, 6.07) is 7.22. The van der Waals surface area contributed by atoms with Crippen molar-refractivity contribution in [3.63, 3.8) is 0 Å². The Morgan fingerprint density at radius 2 is 1.94 bits per heavy atom. The standard InChI is InChI=1S/C21H19N5O5/c22-18(28)17-11(2-1-8-24-17)7-9-23-12-3-4-13-14(10-12)21(31)26(20(13)30)15-5-6-16(27)25-19(15)29/h1-4,8,10,15,23H,5-7,9H2,(H2,22,28)(H,25,27,29). The lowest BCUT2D eigenvalue weighted by Gasteiger charge is -2.27. The molecule has 0 aliphatic carbocycles. The van der Waals surface area contributed by atoms with Gasteiger partial charge in [0.1, 0.15) is 11.7 Å². The van der Waals surface area contributed by atoms with Crippen LogP contribution in [0.25, 0.3) is 0 Å². The molecule has 158 valence electrons. The Hall–Kier alpha value is -4.08. The van der Waals surface area contributed by atoms with E-state index >= 15 is 0 Å². The number of pyridine rings is 1. The van der Waals surface area contributed by atoms with Gasteiger partial charge in [-0.15, -0.1) is 0 Å². The van der Waals surface area contributed by atoms with Gasteiger partial charge in [0.2, 0.25) is 11.8 Å². The molecule has 1 fully saturated rings. The van der Waals surface area contributed by atoms with Crippen LogP contribution in [0.15, 0.2) is 36.5 Å². The monoisotopic (exact) mass is 421 g/mol. The summed E-state index contributed by atoms with van der Waals surface area (Å²) >= 11 is 0. The van der Waals surface area contributed by atoms with E-state index in [1.165, 1.54) is 12.3 Å². The minimum Gasteiger partial charge on any atom is -0.385 e. The Morgan fingerprint density at radius 1 is 1.16 bits per heavy atom. The van der Waals surface area contributed by atoms with Crippen molar-refractivity contribution < 1.29 is 24.0 Å².